The van der Waals surface area contributed by atoms with Crippen molar-refractivity contribution in [2.75, 3.05) is 0 Å². The average molecular weight is 241 g/mol. The van der Waals surface area contributed by atoms with Crippen molar-refractivity contribution in [3.8, 4) is 0 Å². The van der Waals surface area contributed by atoms with Gasteiger partial charge in [-0.15, -0.1) is 5.46 Å². The SMILES string of the molecule is O=Cc1cc([B-](F)(F)F)cc(C(F)(F)F)c1. The Hall–Kier alpha value is -1.47. The number of benzene rings is 1. The summed E-state index contributed by atoms with van der Waals surface area (Å²) in [6.07, 6.45) is -4.96. The van der Waals surface area contributed by atoms with Crippen LogP contribution in [0.25, 0.3) is 0 Å². The fraction of sp³-hybridized carbons (Fsp3) is 0.125. The molecule has 0 aromatic heterocycles. The Kier molecular flexibility index (Phi) is 3.02. The van der Waals surface area contributed by atoms with E-state index >= 15 is 0 Å². The van der Waals surface area contributed by atoms with Crippen molar-refractivity contribution in [2.45, 2.75) is 6.18 Å². The topological polar surface area (TPSA) is 17.1 Å². The fourth-order valence-electron chi connectivity index (χ4n) is 1.10. The molecule has 1 aromatic carbocycles. The Balaban J connectivity index is 3.39. The first-order chi connectivity index (χ1) is 7.14. The summed E-state index contributed by atoms with van der Waals surface area (Å²) in [5.74, 6) is 0. The Labute approximate surface area is 86.1 Å². The van der Waals surface area contributed by atoms with Crippen LogP contribution in [0.2, 0.25) is 0 Å². The lowest BCUT2D eigenvalue weighted by Crippen LogP contribution is -2.35. The van der Waals surface area contributed by atoms with Crippen LogP contribution in [0.1, 0.15) is 15.9 Å². The van der Waals surface area contributed by atoms with Crippen LogP contribution in [0.3, 0.4) is 0 Å². The first-order valence-corrected chi connectivity index (χ1v) is 4.02. The Morgan fingerprint density at radius 2 is 1.62 bits per heavy atom. The van der Waals surface area contributed by atoms with Crippen LogP contribution in [0.15, 0.2) is 18.2 Å². The molecule has 0 N–H and O–H groups in total. The molecule has 0 aliphatic carbocycles. The number of rotatable bonds is 2. The molecule has 0 fully saturated rings. The van der Waals surface area contributed by atoms with Crippen LogP contribution >= 0.6 is 0 Å². The second-order valence-corrected chi connectivity index (χ2v) is 3.08. The molecule has 0 saturated carbocycles. The number of alkyl halides is 3. The zero-order chi connectivity index (χ0) is 12.6. The summed E-state index contributed by atoms with van der Waals surface area (Å²) in [6, 6.07) is 0.757. The molecule has 1 nitrogen and oxygen atoms in total. The molecular weight excluding hydrogens is 237 g/mol. The number of carbonyl (C=O) groups is 1. The number of carbonyl (C=O) groups excluding carboxylic acids is 1. The quantitative estimate of drug-likeness (QED) is 0.441. The Morgan fingerprint density at radius 1 is 1.06 bits per heavy atom. The third-order valence-electron chi connectivity index (χ3n) is 1.82. The minimum Gasteiger partial charge on any atom is -0.445 e. The molecule has 0 aliphatic heterocycles. The van der Waals surface area contributed by atoms with Crippen LogP contribution in [0, 0.1) is 0 Å². The van der Waals surface area contributed by atoms with Gasteiger partial charge in [-0.2, -0.15) is 13.2 Å². The summed E-state index contributed by atoms with van der Waals surface area (Å²) >= 11 is 0. The molecule has 8 heteroatoms. The largest absolute Gasteiger partial charge is 0.509 e. The summed E-state index contributed by atoms with van der Waals surface area (Å²) in [6.45, 7) is -5.56. The predicted octanol–water partition coefficient (Wildman–Crippen LogP) is 2.57. The van der Waals surface area contributed by atoms with E-state index in [1.54, 1.807) is 0 Å². The molecule has 0 radical (unpaired) electrons. The Bertz CT molecular complexity index is 376. The lowest BCUT2D eigenvalue weighted by atomic mass is 9.78. The van der Waals surface area contributed by atoms with Gasteiger partial charge in [-0.05, 0) is 6.07 Å². The highest BCUT2D eigenvalue weighted by Crippen LogP contribution is 2.29. The van der Waals surface area contributed by atoms with E-state index in [9.17, 15) is 30.9 Å². The second kappa shape index (κ2) is 3.84. The number of hydrogen-bond acceptors (Lipinski definition) is 1. The predicted molar refractivity (Wildman–Crippen MR) is 45.5 cm³/mol. The van der Waals surface area contributed by atoms with Crippen molar-refractivity contribution in [2.24, 2.45) is 0 Å². The molecule has 0 aliphatic rings. The number of aldehydes is 1. The van der Waals surface area contributed by atoms with E-state index in [0.717, 1.165) is 0 Å². The van der Waals surface area contributed by atoms with E-state index in [0.29, 0.717) is 12.1 Å². The van der Waals surface area contributed by atoms with Gasteiger partial charge in [0.15, 0.2) is 0 Å². The third-order valence-corrected chi connectivity index (χ3v) is 1.82. The van der Waals surface area contributed by atoms with Crippen molar-refractivity contribution in [3.05, 3.63) is 29.3 Å². The molecule has 1 aromatic rings. The molecule has 0 amide bonds. The maximum atomic E-state index is 12.3. The monoisotopic (exact) mass is 241 g/mol. The molecule has 16 heavy (non-hydrogen) atoms. The van der Waals surface area contributed by atoms with Gasteiger partial charge in [0.05, 0.1) is 5.56 Å². The van der Waals surface area contributed by atoms with E-state index in [1.165, 1.54) is 0 Å². The zero-order valence-electron chi connectivity index (χ0n) is 7.56. The van der Waals surface area contributed by atoms with Gasteiger partial charge >= 0.3 is 13.2 Å². The third kappa shape index (κ3) is 2.77. The van der Waals surface area contributed by atoms with Crippen LogP contribution in [-0.2, 0) is 6.18 Å². The highest BCUT2D eigenvalue weighted by atomic mass is 19.4. The van der Waals surface area contributed by atoms with E-state index < -0.39 is 29.7 Å². The van der Waals surface area contributed by atoms with Gasteiger partial charge in [-0.3, -0.25) is 4.79 Å². The van der Waals surface area contributed by atoms with E-state index in [4.69, 9.17) is 0 Å². The van der Waals surface area contributed by atoms with Gasteiger partial charge in [0.25, 0.3) is 0 Å². The summed E-state index contributed by atoms with van der Waals surface area (Å²) in [5, 5.41) is 0. The molecule has 0 bridgehead atoms. The smallest absolute Gasteiger partial charge is 0.445 e. The Morgan fingerprint density at radius 3 is 2.00 bits per heavy atom. The van der Waals surface area contributed by atoms with Crippen molar-refractivity contribution in [3.63, 3.8) is 0 Å². The van der Waals surface area contributed by atoms with Gasteiger partial charge < -0.3 is 12.9 Å². The van der Waals surface area contributed by atoms with Crippen molar-refractivity contribution < 1.29 is 30.9 Å². The summed E-state index contributed by atoms with van der Waals surface area (Å²) in [5.41, 5.74) is -3.56. The van der Waals surface area contributed by atoms with Gasteiger partial charge in [-0.1, -0.05) is 12.1 Å². The first kappa shape index (κ1) is 12.6. The molecule has 0 saturated heterocycles. The first-order valence-electron chi connectivity index (χ1n) is 4.02. The van der Waals surface area contributed by atoms with Crippen LogP contribution in [0.4, 0.5) is 26.1 Å². The fourth-order valence-corrected chi connectivity index (χ4v) is 1.10. The summed E-state index contributed by atoms with van der Waals surface area (Å²) in [7, 11) is 0. The molecule has 0 spiro atoms. The normalized spacial score (nSPS) is 12.6. The highest BCUT2D eigenvalue weighted by Gasteiger charge is 2.34. The lowest BCUT2D eigenvalue weighted by Gasteiger charge is -2.17. The highest BCUT2D eigenvalue weighted by molar-refractivity contribution is 6.73. The molecular formula is C8H4BF6O-. The standard InChI is InChI=1S/C8H4BF6O/c10-8(11,12)6-1-5(4-16)2-7(3-6)9(13,14)15/h1-4H/q-1. The van der Waals surface area contributed by atoms with Gasteiger partial charge in [0.2, 0.25) is 0 Å². The minimum absolute atomic E-state index is 0.00694. The van der Waals surface area contributed by atoms with Crippen LogP contribution in [-0.4, -0.2) is 13.3 Å². The lowest BCUT2D eigenvalue weighted by molar-refractivity contribution is -0.137. The van der Waals surface area contributed by atoms with Gasteiger partial charge in [0.1, 0.15) is 6.29 Å². The van der Waals surface area contributed by atoms with E-state index in [2.05, 4.69) is 0 Å². The summed E-state index contributed by atoms with van der Waals surface area (Å²) in [4.78, 5) is 10.2. The minimum atomic E-state index is -5.56. The van der Waals surface area contributed by atoms with Gasteiger partial charge in [-0.25, -0.2) is 0 Å². The van der Waals surface area contributed by atoms with Crippen LogP contribution < -0.4 is 5.46 Å². The molecule has 0 heterocycles. The van der Waals surface area contributed by atoms with Crippen molar-refractivity contribution >= 4 is 18.7 Å². The second-order valence-electron chi connectivity index (χ2n) is 3.08. The average Bonchev–Trinajstić information content (AvgIpc) is 2.14. The number of hydrogen-bond donors (Lipinski definition) is 0. The molecule has 88 valence electrons. The molecule has 0 unspecified atom stereocenters. The van der Waals surface area contributed by atoms with Crippen molar-refractivity contribution in [1.29, 1.82) is 0 Å². The zero-order valence-corrected chi connectivity index (χ0v) is 7.56. The van der Waals surface area contributed by atoms with Gasteiger partial charge in [0, 0.05) is 5.56 Å². The summed E-state index contributed by atoms with van der Waals surface area (Å²) < 4.78 is 73.3. The molecule has 0 atom stereocenters. The van der Waals surface area contributed by atoms with E-state index in [1.807, 2.05) is 0 Å². The maximum Gasteiger partial charge on any atom is 0.509 e. The van der Waals surface area contributed by atoms with Crippen LogP contribution in [0.5, 0.6) is 0 Å². The number of halogens is 6. The maximum absolute atomic E-state index is 12.3. The van der Waals surface area contributed by atoms with E-state index in [-0.39, 0.29) is 12.4 Å². The van der Waals surface area contributed by atoms with Crippen molar-refractivity contribution in [1.82, 2.24) is 0 Å². The molecule has 1 rings (SSSR count).